The van der Waals surface area contributed by atoms with Crippen molar-refractivity contribution < 1.29 is 13.9 Å². The smallest absolute Gasteiger partial charge is 0.251 e. The predicted octanol–water partition coefficient (Wildman–Crippen LogP) is 3.15. The molecule has 0 radical (unpaired) electrons. The molecule has 0 spiro atoms. The normalized spacial score (nSPS) is 10.1. The maximum atomic E-state index is 12.8. The van der Waals surface area contributed by atoms with Crippen LogP contribution in [-0.4, -0.2) is 12.5 Å². The number of halogens is 1. The van der Waals surface area contributed by atoms with E-state index in [1.807, 2.05) is 31.2 Å². The Bertz CT molecular complexity index is 581. The quantitative estimate of drug-likeness (QED) is 0.908. The summed E-state index contributed by atoms with van der Waals surface area (Å²) in [6, 6.07) is 13.0. The molecule has 0 fully saturated rings. The standard InChI is InChI=1S/C16H16FNO2/c1-2-20-15-5-3-4-12(10-15)11-18-16(19)13-6-8-14(17)9-7-13/h3-10H,2,11H2,1H3,(H,18,19). The Hall–Kier alpha value is -2.36. The second kappa shape index (κ2) is 6.70. The van der Waals surface area contributed by atoms with E-state index in [2.05, 4.69) is 5.32 Å². The monoisotopic (exact) mass is 273 g/mol. The highest BCUT2D eigenvalue weighted by Crippen LogP contribution is 2.13. The SMILES string of the molecule is CCOc1cccc(CNC(=O)c2ccc(F)cc2)c1. The molecule has 0 aliphatic carbocycles. The van der Waals surface area contributed by atoms with Crippen LogP contribution in [0.5, 0.6) is 5.75 Å². The Labute approximate surface area is 117 Å². The summed E-state index contributed by atoms with van der Waals surface area (Å²) in [4.78, 5) is 11.9. The van der Waals surface area contributed by atoms with Gasteiger partial charge in [0.2, 0.25) is 0 Å². The molecule has 0 saturated heterocycles. The Balaban J connectivity index is 1.96. The summed E-state index contributed by atoms with van der Waals surface area (Å²) in [5, 5.41) is 2.79. The minimum atomic E-state index is -0.356. The highest BCUT2D eigenvalue weighted by Gasteiger charge is 2.05. The van der Waals surface area contributed by atoms with Gasteiger partial charge in [-0.25, -0.2) is 4.39 Å². The number of nitrogens with one attached hydrogen (secondary N) is 1. The third kappa shape index (κ3) is 3.82. The molecule has 0 saturated carbocycles. The number of hydrogen-bond acceptors (Lipinski definition) is 2. The lowest BCUT2D eigenvalue weighted by atomic mass is 10.2. The van der Waals surface area contributed by atoms with Crippen molar-refractivity contribution >= 4 is 5.91 Å². The molecular weight excluding hydrogens is 257 g/mol. The lowest BCUT2D eigenvalue weighted by Gasteiger charge is -2.08. The molecule has 3 nitrogen and oxygen atoms in total. The van der Waals surface area contributed by atoms with Crippen molar-refractivity contribution in [2.45, 2.75) is 13.5 Å². The zero-order chi connectivity index (χ0) is 14.4. The molecule has 2 aromatic rings. The first-order valence-electron chi connectivity index (χ1n) is 6.44. The van der Waals surface area contributed by atoms with Crippen molar-refractivity contribution in [3.8, 4) is 5.75 Å². The van der Waals surface area contributed by atoms with Gasteiger partial charge in [-0.15, -0.1) is 0 Å². The average molecular weight is 273 g/mol. The molecule has 104 valence electrons. The van der Waals surface area contributed by atoms with E-state index in [1.54, 1.807) is 0 Å². The molecule has 0 aliphatic heterocycles. The number of rotatable bonds is 5. The number of carbonyl (C=O) groups is 1. The number of benzene rings is 2. The minimum absolute atomic E-state index is 0.230. The summed E-state index contributed by atoms with van der Waals surface area (Å²) < 4.78 is 18.2. The summed E-state index contributed by atoms with van der Waals surface area (Å²) in [5.41, 5.74) is 1.39. The lowest BCUT2D eigenvalue weighted by Crippen LogP contribution is -2.22. The van der Waals surface area contributed by atoms with Crippen LogP contribution in [0.1, 0.15) is 22.8 Å². The number of carbonyl (C=O) groups excluding carboxylic acids is 1. The van der Waals surface area contributed by atoms with Crippen molar-refractivity contribution in [3.05, 3.63) is 65.5 Å². The Kier molecular flexibility index (Phi) is 4.71. The van der Waals surface area contributed by atoms with E-state index in [4.69, 9.17) is 4.74 Å². The summed E-state index contributed by atoms with van der Waals surface area (Å²) >= 11 is 0. The van der Waals surface area contributed by atoms with Crippen LogP contribution in [0.2, 0.25) is 0 Å². The molecule has 0 aromatic heterocycles. The van der Waals surface area contributed by atoms with Gasteiger partial charge in [0.25, 0.3) is 5.91 Å². The van der Waals surface area contributed by atoms with Crippen LogP contribution in [0.4, 0.5) is 4.39 Å². The molecule has 20 heavy (non-hydrogen) atoms. The fourth-order valence-corrected chi connectivity index (χ4v) is 1.80. The van der Waals surface area contributed by atoms with Crippen LogP contribution in [0.25, 0.3) is 0 Å². The second-order valence-electron chi connectivity index (χ2n) is 4.27. The fraction of sp³-hybridized carbons (Fsp3) is 0.188. The van der Waals surface area contributed by atoms with Crippen molar-refractivity contribution in [1.82, 2.24) is 5.32 Å². The van der Waals surface area contributed by atoms with Gasteiger partial charge in [0.15, 0.2) is 0 Å². The van der Waals surface area contributed by atoms with Crippen LogP contribution >= 0.6 is 0 Å². The largest absolute Gasteiger partial charge is 0.494 e. The van der Waals surface area contributed by atoms with E-state index < -0.39 is 0 Å². The fourth-order valence-electron chi connectivity index (χ4n) is 1.80. The summed E-state index contributed by atoms with van der Waals surface area (Å²) in [6.07, 6.45) is 0. The van der Waals surface area contributed by atoms with E-state index >= 15 is 0 Å². The molecule has 0 heterocycles. The van der Waals surface area contributed by atoms with Gasteiger partial charge in [-0.2, -0.15) is 0 Å². The van der Waals surface area contributed by atoms with Crippen LogP contribution in [0.15, 0.2) is 48.5 Å². The molecule has 1 N–H and O–H groups in total. The van der Waals surface area contributed by atoms with E-state index in [9.17, 15) is 9.18 Å². The Morgan fingerprint density at radius 3 is 2.65 bits per heavy atom. The zero-order valence-electron chi connectivity index (χ0n) is 11.2. The van der Waals surface area contributed by atoms with Gasteiger partial charge in [0.05, 0.1) is 6.61 Å². The lowest BCUT2D eigenvalue weighted by molar-refractivity contribution is 0.0951. The van der Waals surface area contributed by atoms with E-state index in [1.165, 1.54) is 24.3 Å². The molecule has 4 heteroatoms. The van der Waals surface area contributed by atoms with Crippen LogP contribution < -0.4 is 10.1 Å². The molecule has 1 amide bonds. The summed E-state index contributed by atoms with van der Waals surface area (Å²) in [5.74, 6) is 0.193. The van der Waals surface area contributed by atoms with Crippen molar-refractivity contribution in [2.75, 3.05) is 6.61 Å². The predicted molar refractivity (Wildman–Crippen MR) is 75.2 cm³/mol. The first kappa shape index (κ1) is 14.1. The number of amides is 1. The topological polar surface area (TPSA) is 38.3 Å². The van der Waals surface area contributed by atoms with Gasteiger partial charge < -0.3 is 10.1 Å². The van der Waals surface area contributed by atoms with Gasteiger partial charge in [0.1, 0.15) is 11.6 Å². The third-order valence-electron chi connectivity index (χ3n) is 2.77. The maximum absolute atomic E-state index is 12.8. The van der Waals surface area contributed by atoms with Crippen LogP contribution in [-0.2, 0) is 6.54 Å². The van der Waals surface area contributed by atoms with Crippen LogP contribution in [0, 0.1) is 5.82 Å². The third-order valence-corrected chi connectivity index (χ3v) is 2.77. The number of hydrogen-bond donors (Lipinski definition) is 1. The number of ether oxygens (including phenoxy) is 1. The van der Waals surface area contributed by atoms with Gasteiger partial charge >= 0.3 is 0 Å². The second-order valence-corrected chi connectivity index (χ2v) is 4.27. The van der Waals surface area contributed by atoms with Gasteiger partial charge in [-0.05, 0) is 48.9 Å². The Morgan fingerprint density at radius 2 is 1.95 bits per heavy atom. The molecule has 2 rings (SSSR count). The highest BCUT2D eigenvalue weighted by atomic mass is 19.1. The van der Waals surface area contributed by atoms with Crippen molar-refractivity contribution in [1.29, 1.82) is 0 Å². The molecule has 0 aliphatic rings. The van der Waals surface area contributed by atoms with E-state index in [0.717, 1.165) is 11.3 Å². The molecule has 0 atom stereocenters. The average Bonchev–Trinajstić information content (AvgIpc) is 2.46. The van der Waals surface area contributed by atoms with Gasteiger partial charge in [-0.3, -0.25) is 4.79 Å². The summed E-state index contributed by atoms with van der Waals surface area (Å²) in [6.45, 7) is 2.92. The molecule has 2 aromatic carbocycles. The van der Waals surface area contributed by atoms with Crippen molar-refractivity contribution in [3.63, 3.8) is 0 Å². The molecule has 0 bridgehead atoms. The first-order valence-corrected chi connectivity index (χ1v) is 6.44. The maximum Gasteiger partial charge on any atom is 0.251 e. The van der Waals surface area contributed by atoms with E-state index in [0.29, 0.717) is 18.7 Å². The van der Waals surface area contributed by atoms with Gasteiger partial charge in [0, 0.05) is 12.1 Å². The Morgan fingerprint density at radius 1 is 1.20 bits per heavy atom. The molecule has 0 unspecified atom stereocenters. The van der Waals surface area contributed by atoms with Gasteiger partial charge in [-0.1, -0.05) is 12.1 Å². The summed E-state index contributed by atoms with van der Waals surface area (Å²) in [7, 11) is 0. The minimum Gasteiger partial charge on any atom is -0.494 e. The molecular formula is C16H16FNO2. The van der Waals surface area contributed by atoms with Crippen molar-refractivity contribution in [2.24, 2.45) is 0 Å². The van der Waals surface area contributed by atoms with E-state index in [-0.39, 0.29) is 11.7 Å². The highest BCUT2D eigenvalue weighted by molar-refractivity contribution is 5.94. The first-order chi connectivity index (χ1) is 9.69. The zero-order valence-corrected chi connectivity index (χ0v) is 11.2. The van der Waals surface area contributed by atoms with Crippen LogP contribution in [0.3, 0.4) is 0 Å².